The summed E-state index contributed by atoms with van der Waals surface area (Å²) in [6, 6.07) is 12.3. The topological polar surface area (TPSA) is 78.9 Å². The van der Waals surface area contributed by atoms with Crippen molar-refractivity contribution in [1.29, 1.82) is 0 Å². The number of carbonyl (C=O) groups excluding carboxylic acids is 1. The molecular formula is C22H26FN3O4S. The van der Waals surface area contributed by atoms with E-state index < -0.39 is 10.0 Å². The van der Waals surface area contributed by atoms with Crippen molar-refractivity contribution in [2.75, 3.05) is 44.3 Å². The SMILES string of the molecule is O=C(NC1CCCOC1)c1cccc(S(=O)(=O)N2CCN(c3ccc(F)cc3)CC2)c1. The van der Waals surface area contributed by atoms with Crippen molar-refractivity contribution in [1.82, 2.24) is 9.62 Å². The van der Waals surface area contributed by atoms with Gasteiger partial charge in [-0.05, 0) is 55.3 Å². The van der Waals surface area contributed by atoms with Crippen molar-refractivity contribution in [2.24, 2.45) is 0 Å². The summed E-state index contributed by atoms with van der Waals surface area (Å²) < 4.78 is 46.2. The lowest BCUT2D eigenvalue weighted by Gasteiger charge is -2.35. The minimum absolute atomic E-state index is 0.0546. The highest BCUT2D eigenvalue weighted by atomic mass is 32.2. The van der Waals surface area contributed by atoms with Crippen LogP contribution in [-0.2, 0) is 14.8 Å². The van der Waals surface area contributed by atoms with Crippen molar-refractivity contribution in [3.63, 3.8) is 0 Å². The minimum atomic E-state index is -3.72. The molecule has 1 amide bonds. The molecule has 7 nitrogen and oxygen atoms in total. The Morgan fingerprint density at radius 1 is 1.06 bits per heavy atom. The van der Waals surface area contributed by atoms with E-state index in [0.29, 0.717) is 45.0 Å². The van der Waals surface area contributed by atoms with Crippen molar-refractivity contribution in [2.45, 2.75) is 23.8 Å². The minimum Gasteiger partial charge on any atom is -0.379 e. The number of benzene rings is 2. The van der Waals surface area contributed by atoms with Gasteiger partial charge in [0, 0.05) is 44.0 Å². The lowest BCUT2D eigenvalue weighted by molar-refractivity contribution is 0.0624. The first-order valence-corrected chi connectivity index (χ1v) is 11.9. The zero-order chi connectivity index (χ0) is 21.8. The number of amides is 1. The molecule has 2 fully saturated rings. The smallest absolute Gasteiger partial charge is 0.251 e. The Balaban J connectivity index is 1.42. The van der Waals surface area contributed by atoms with E-state index in [2.05, 4.69) is 5.32 Å². The number of nitrogens with one attached hydrogen (secondary N) is 1. The first-order valence-electron chi connectivity index (χ1n) is 10.4. The molecule has 2 saturated heterocycles. The Kier molecular flexibility index (Phi) is 6.54. The van der Waals surface area contributed by atoms with E-state index in [4.69, 9.17) is 4.74 Å². The summed E-state index contributed by atoms with van der Waals surface area (Å²) in [4.78, 5) is 14.7. The summed E-state index contributed by atoms with van der Waals surface area (Å²) >= 11 is 0. The van der Waals surface area contributed by atoms with Gasteiger partial charge < -0.3 is 15.0 Å². The fourth-order valence-corrected chi connectivity index (χ4v) is 5.38. The van der Waals surface area contributed by atoms with Gasteiger partial charge in [0.25, 0.3) is 5.91 Å². The molecule has 1 atom stereocenters. The zero-order valence-electron chi connectivity index (χ0n) is 17.2. The maximum Gasteiger partial charge on any atom is 0.251 e. The first kappa shape index (κ1) is 21.7. The van der Waals surface area contributed by atoms with E-state index in [1.807, 2.05) is 4.90 Å². The van der Waals surface area contributed by atoms with Gasteiger partial charge in [0.2, 0.25) is 10.0 Å². The average molecular weight is 448 g/mol. The summed E-state index contributed by atoms with van der Waals surface area (Å²) in [6.07, 6.45) is 1.74. The summed E-state index contributed by atoms with van der Waals surface area (Å²) in [5, 5.41) is 2.92. The van der Waals surface area contributed by atoms with Crippen molar-refractivity contribution in [3.05, 3.63) is 59.9 Å². The van der Waals surface area contributed by atoms with E-state index in [0.717, 1.165) is 18.5 Å². The third-order valence-electron chi connectivity index (χ3n) is 5.66. The van der Waals surface area contributed by atoms with Gasteiger partial charge in [0.1, 0.15) is 5.82 Å². The largest absolute Gasteiger partial charge is 0.379 e. The summed E-state index contributed by atoms with van der Waals surface area (Å²) in [5.41, 5.74) is 1.18. The maximum absolute atomic E-state index is 13.1. The van der Waals surface area contributed by atoms with Gasteiger partial charge >= 0.3 is 0 Å². The molecule has 2 heterocycles. The van der Waals surface area contributed by atoms with Crippen LogP contribution in [0.2, 0.25) is 0 Å². The number of rotatable bonds is 5. The molecule has 0 aliphatic carbocycles. The highest BCUT2D eigenvalue weighted by Gasteiger charge is 2.29. The fourth-order valence-electron chi connectivity index (χ4n) is 3.91. The van der Waals surface area contributed by atoms with Gasteiger partial charge in [-0.25, -0.2) is 12.8 Å². The summed E-state index contributed by atoms with van der Waals surface area (Å²) in [7, 11) is -3.72. The molecule has 1 N–H and O–H groups in total. The van der Waals surface area contributed by atoms with Crippen LogP contribution in [0.15, 0.2) is 53.4 Å². The number of halogens is 1. The molecule has 0 spiro atoms. The molecule has 1 unspecified atom stereocenters. The van der Waals surface area contributed by atoms with Crippen LogP contribution in [0.4, 0.5) is 10.1 Å². The molecular weight excluding hydrogens is 421 g/mol. The number of nitrogens with zero attached hydrogens (tertiary/aromatic N) is 2. The number of anilines is 1. The van der Waals surface area contributed by atoms with Crippen LogP contribution in [0, 0.1) is 5.82 Å². The fraction of sp³-hybridized carbons (Fsp3) is 0.409. The molecule has 2 aromatic carbocycles. The van der Waals surface area contributed by atoms with Gasteiger partial charge in [-0.15, -0.1) is 0 Å². The van der Waals surface area contributed by atoms with Crippen molar-refractivity contribution >= 4 is 21.6 Å². The highest BCUT2D eigenvalue weighted by molar-refractivity contribution is 7.89. The number of hydrogen-bond donors (Lipinski definition) is 1. The van der Waals surface area contributed by atoms with Crippen molar-refractivity contribution in [3.8, 4) is 0 Å². The highest BCUT2D eigenvalue weighted by Crippen LogP contribution is 2.22. The second-order valence-electron chi connectivity index (χ2n) is 7.78. The molecule has 166 valence electrons. The van der Waals surface area contributed by atoms with E-state index in [1.54, 1.807) is 24.3 Å². The zero-order valence-corrected chi connectivity index (χ0v) is 18.0. The second kappa shape index (κ2) is 9.33. The van der Waals surface area contributed by atoms with E-state index in [9.17, 15) is 17.6 Å². The van der Waals surface area contributed by atoms with Gasteiger partial charge in [-0.1, -0.05) is 6.07 Å². The van der Waals surface area contributed by atoms with Crippen LogP contribution < -0.4 is 10.2 Å². The van der Waals surface area contributed by atoms with Crippen LogP contribution in [0.5, 0.6) is 0 Å². The monoisotopic (exact) mass is 447 g/mol. The Morgan fingerprint density at radius 3 is 2.48 bits per heavy atom. The van der Waals surface area contributed by atoms with E-state index in [1.165, 1.54) is 28.6 Å². The van der Waals surface area contributed by atoms with Crippen LogP contribution >= 0.6 is 0 Å². The number of sulfonamides is 1. The Bertz CT molecular complexity index is 1020. The van der Waals surface area contributed by atoms with Crippen molar-refractivity contribution < 1.29 is 22.3 Å². The predicted molar refractivity (Wildman–Crippen MR) is 115 cm³/mol. The molecule has 0 bridgehead atoms. The number of piperazine rings is 1. The molecule has 0 saturated carbocycles. The van der Waals surface area contributed by atoms with Gasteiger partial charge in [0.05, 0.1) is 17.5 Å². The molecule has 0 radical (unpaired) electrons. The lowest BCUT2D eigenvalue weighted by atomic mass is 10.1. The van der Waals surface area contributed by atoms with Crippen LogP contribution in [0.3, 0.4) is 0 Å². The summed E-state index contributed by atoms with van der Waals surface area (Å²) in [5.74, 6) is -0.599. The predicted octanol–water partition coefficient (Wildman–Crippen LogP) is 2.25. The number of hydrogen-bond acceptors (Lipinski definition) is 5. The Hall–Kier alpha value is -2.49. The van der Waals surface area contributed by atoms with Gasteiger partial charge in [-0.3, -0.25) is 4.79 Å². The van der Waals surface area contributed by atoms with Crippen LogP contribution in [-0.4, -0.2) is 64.1 Å². The normalized spacial score (nSPS) is 20.4. The second-order valence-corrected chi connectivity index (χ2v) is 9.72. The van der Waals surface area contributed by atoms with E-state index in [-0.39, 0.29) is 22.7 Å². The summed E-state index contributed by atoms with van der Waals surface area (Å²) in [6.45, 7) is 2.82. The Morgan fingerprint density at radius 2 is 1.81 bits per heavy atom. The maximum atomic E-state index is 13.1. The molecule has 0 aromatic heterocycles. The molecule has 4 rings (SSSR count). The number of ether oxygens (including phenoxy) is 1. The quantitative estimate of drug-likeness (QED) is 0.761. The van der Waals surface area contributed by atoms with E-state index >= 15 is 0 Å². The molecule has 2 aliphatic rings. The molecule has 31 heavy (non-hydrogen) atoms. The first-order chi connectivity index (χ1) is 14.9. The Labute approximate surface area is 181 Å². The van der Waals surface area contributed by atoms with Gasteiger partial charge in [-0.2, -0.15) is 4.31 Å². The molecule has 2 aromatic rings. The third kappa shape index (κ3) is 5.06. The van der Waals surface area contributed by atoms with Crippen LogP contribution in [0.25, 0.3) is 0 Å². The average Bonchev–Trinajstić information content (AvgIpc) is 2.80. The number of carbonyl (C=O) groups is 1. The lowest BCUT2D eigenvalue weighted by Crippen LogP contribution is -2.48. The third-order valence-corrected chi connectivity index (χ3v) is 7.55. The van der Waals surface area contributed by atoms with Gasteiger partial charge in [0.15, 0.2) is 0 Å². The molecule has 2 aliphatic heterocycles. The van der Waals surface area contributed by atoms with Crippen LogP contribution in [0.1, 0.15) is 23.2 Å². The molecule has 9 heteroatoms. The standard InChI is InChI=1S/C22H26FN3O4S/c23-18-6-8-20(9-7-18)25-10-12-26(13-11-25)31(28,29)21-5-1-3-17(15-21)22(27)24-19-4-2-14-30-16-19/h1,3,5-9,15,19H,2,4,10-14,16H2,(H,24,27).